The number of carbonyl (C=O) groups is 2. The van der Waals surface area contributed by atoms with Gasteiger partial charge in [0.1, 0.15) is 12.3 Å². The van der Waals surface area contributed by atoms with Gasteiger partial charge in [-0.05, 0) is 23.8 Å². The van der Waals surface area contributed by atoms with Gasteiger partial charge in [0.2, 0.25) is 0 Å². The van der Waals surface area contributed by atoms with E-state index in [1.165, 1.54) is 12.1 Å². The number of aromatic nitrogens is 1. The van der Waals surface area contributed by atoms with Crippen molar-refractivity contribution in [3.8, 4) is 16.9 Å². The Hall–Kier alpha value is -3.30. The van der Waals surface area contributed by atoms with Crippen LogP contribution in [0.2, 0.25) is 0 Å². The molecule has 0 spiro atoms. The predicted molar refractivity (Wildman–Crippen MR) is 79.5 cm³/mol. The van der Waals surface area contributed by atoms with Gasteiger partial charge in [0, 0.05) is 16.9 Å². The molecule has 0 saturated carbocycles. The summed E-state index contributed by atoms with van der Waals surface area (Å²) in [6, 6.07) is 5.44. The van der Waals surface area contributed by atoms with E-state index in [2.05, 4.69) is 10.2 Å². The maximum atomic E-state index is 12.7. The van der Waals surface area contributed by atoms with Crippen LogP contribution >= 0.6 is 0 Å². The van der Waals surface area contributed by atoms with Crippen molar-refractivity contribution in [1.82, 2.24) is 10.3 Å². The minimum atomic E-state index is -4.52. The number of nitrogens with zero attached hydrogens (tertiary/aromatic N) is 2. The van der Waals surface area contributed by atoms with Gasteiger partial charge in [0.25, 0.3) is 5.91 Å². The standard InChI is InChI=1S/C15H10F3N3O4/c16-15(17,18)10-3-1-2-8(4-10)9-5-11(22)13(19-6-9)14(24)20-7-12(23)21-25/h1-6,22H,7H2,(H,20,24). The molecule has 1 heterocycles. The fraction of sp³-hybridized carbons (Fsp3) is 0.133. The third-order valence-electron chi connectivity index (χ3n) is 3.11. The van der Waals surface area contributed by atoms with Crippen molar-refractivity contribution in [2.45, 2.75) is 6.18 Å². The van der Waals surface area contributed by atoms with E-state index in [0.717, 1.165) is 24.4 Å². The van der Waals surface area contributed by atoms with Gasteiger partial charge in [-0.1, -0.05) is 12.1 Å². The van der Waals surface area contributed by atoms with Crippen LogP contribution in [0.4, 0.5) is 13.2 Å². The average Bonchev–Trinajstić information content (AvgIpc) is 2.58. The zero-order valence-corrected chi connectivity index (χ0v) is 12.4. The molecule has 130 valence electrons. The molecular weight excluding hydrogens is 343 g/mol. The number of amides is 2. The molecule has 0 unspecified atom stereocenters. The number of rotatable bonds is 4. The second-order valence-corrected chi connectivity index (χ2v) is 4.84. The highest BCUT2D eigenvalue weighted by atomic mass is 19.4. The van der Waals surface area contributed by atoms with Gasteiger partial charge < -0.3 is 10.4 Å². The Bertz CT molecular complexity index is 837. The Morgan fingerprint density at radius 3 is 2.52 bits per heavy atom. The van der Waals surface area contributed by atoms with E-state index in [0.29, 0.717) is 0 Å². The average molecular weight is 353 g/mol. The summed E-state index contributed by atoms with van der Waals surface area (Å²) < 4.78 is 38.2. The molecule has 0 aliphatic carbocycles. The Morgan fingerprint density at radius 2 is 1.92 bits per heavy atom. The number of aromatic hydroxyl groups is 1. The first kappa shape index (κ1) is 18.0. The highest BCUT2D eigenvalue weighted by Crippen LogP contribution is 2.33. The molecule has 0 saturated heterocycles. The van der Waals surface area contributed by atoms with E-state index in [-0.39, 0.29) is 11.1 Å². The van der Waals surface area contributed by atoms with Crippen LogP contribution in [0.5, 0.6) is 5.75 Å². The van der Waals surface area contributed by atoms with Gasteiger partial charge in [0.05, 0.1) is 5.56 Å². The summed E-state index contributed by atoms with van der Waals surface area (Å²) in [5.41, 5.74) is -1.02. The lowest BCUT2D eigenvalue weighted by atomic mass is 10.0. The van der Waals surface area contributed by atoms with E-state index in [1.807, 2.05) is 5.32 Å². The fourth-order valence-electron chi connectivity index (χ4n) is 1.93. The normalized spacial score (nSPS) is 11.0. The number of hydrogen-bond donors (Lipinski definition) is 2. The zero-order chi connectivity index (χ0) is 18.6. The number of carbonyl (C=O) groups excluding carboxylic acids is 2. The van der Waals surface area contributed by atoms with Crippen molar-refractivity contribution < 1.29 is 27.9 Å². The van der Waals surface area contributed by atoms with Gasteiger partial charge in [-0.3, -0.25) is 9.59 Å². The minimum absolute atomic E-state index is 0.143. The Balaban J connectivity index is 2.26. The molecule has 0 radical (unpaired) electrons. The van der Waals surface area contributed by atoms with E-state index in [4.69, 9.17) is 0 Å². The van der Waals surface area contributed by atoms with Gasteiger partial charge in [0.15, 0.2) is 5.69 Å². The van der Waals surface area contributed by atoms with E-state index >= 15 is 0 Å². The van der Waals surface area contributed by atoms with Gasteiger partial charge >= 0.3 is 12.1 Å². The molecule has 0 aliphatic rings. The summed E-state index contributed by atoms with van der Waals surface area (Å²) >= 11 is 0. The van der Waals surface area contributed by atoms with Crippen LogP contribution in [0, 0.1) is 4.91 Å². The highest BCUT2D eigenvalue weighted by Gasteiger charge is 2.30. The highest BCUT2D eigenvalue weighted by molar-refractivity contribution is 5.97. The molecule has 2 aromatic rings. The second kappa shape index (κ2) is 7.07. The fourth-order valence-corrected chi connectivity index (χ4v) is 1.93. The molecular formula is C15H10F3N3O4. The first-order chi connectivity index (χ1) is 11.7. The summed E-state index contributed by atoms with van der Waals surface area (Å²) in [6.45, 7) is -0.668. The lowest BCUT2D eigenvalue weighted by Crippen LogP contribution is -2.29. The third-order valence-corrected chi connectivity index (χ3v) is 3.11. The summed E-state index contributed by atoms with van der Waals surface area (Å²) in [4.78, 5) is 36.1. The Kier molecular flexibility index (Phi) is 5.11. The third kappa shape index (κ3) is 4.37. The van der Waals surface area contributed by atoms with Crippen molar-refractivity contribution in [1.29, 1.82) is 0 Å². The van der Waals surface area contributed by atoms with E-state index < -0.39 is 41.5 Å². The van der Waals surface area contributed by atoms with Crippen molar-refractivity contribution in [3.05, 3.63) is 52.7 Å². The maximum Gasteiger partial charge on any atom is 0.416 e. The molecule has 2 amide bonds. The van der Waals surface area contributed by atoms with Crippen LogP contribution in [-0.2, 0) is 11.0 Å². The van der Waals surface area contributed by atoms with E-state index in [9.17, 15) is 32.8 Å². The maximum absolute atomic E-state index is 12.7. The molecule has 10 heteroatoms. The molecule has 0 fully saturated rings. The largest absolute Gasteiger partial charge is 0.505 e. The van der Waals surface area contributed by atoms with Crippen molar-refractivity contribution in [2.75, 3.05) is 6.54 Å². The van der Waals surface area contributed by atoms with Crippen molar-refractivity contribution >= 4 is 11.8 Å². The number of hydrogen-bond acceptors (Lipinski definition) is 5. The Labute approximate surface area is 138 Å². The van der Waals surface area contributed by atoms with Crippen LogP contribution in [0.3, 0.4) is 0 Å². The van der Waals surface area contributed by atoms with Crippen LogP contribution in [0.25, 0.3) is 11.1 Å². The monoisotopic (exact) mass is 353 g/mol. The smallest absolute Gasteiger partial charge is 0.416 e. The first-order valence-corrected chi connectivity index (χ1v) is 6.73. The van der Waals surface area contributed by atoms with Crippen molar-refractivity contribution in [3.63, 3.8) is 0 Å². The summed E-state index contributed by atoms with van der Waals surface area (Å²) in [5.74, 6) is -2.66. The molecule has 7 nitrogen and oxygen atoms in total. The van der Waals surface area contributed by atoms with Crippen molar-refractivity contribution in [2.24, 2.45) is 5.18 Å². The molecule has 0 bridgehead atoms. The number of halogens is 3. The molecule has 25 heavy (non-hydrogen) atoms. The lowest BCUT2D eigenvalue weighted by Gasteiger charge is -2.10. The van der Waals surface area contributed by atoms with Crippen LogP contribution in [0.1, 0.15) is 16.1 Å². The number of pyridine rings is 1. The van der Waals surface area contributed by atoms with E-state index in [1.54, 1.807) is 0 Å². The quantitative estimate of drug-likeness (QED) is 0.821. The predicted octanol–water partition coefficient (Wildman–Crippen LogP) is 2.50. The summed E-state index contributed by atoms with van der Waals surface area (Å²) in [6.07, 6.45) is -3.42. The molecule has 2 rings (SSSR count). The molecule has 0 aliphatic heterocycles. The van der Waals surface area contributed by atoms with Crippen LogP contribution in [-0.4, -0.2) is 28.4 Å². The van der Waals surface area contributed by atoms with Crippen LogP contribution < -0.4 is 5.32 Å². The first-order valence-electron chi connectivity index (χ1n) is 6.73. The number of benzene rings is 1. The Morgan fingerprint density at radius 1 is 1.20 bits per heavy atom. The lowest BCUT2D eigenvalue weighted by molar-refractivity contribution is -0.137. The zero-order valence-electron chi connectivity index (χ0n) is 12.4. The molecule has 1 aromatic heterocycles. The minimum Gasteiger partial charge on any atom is -0.505 e. The van der Waals surface area contributed by atoms with Gasteiger partial charge in [-0.25, -0.2) is 4.98 Å². The van der Waals surface area contributed by atoms with Gasteiger partial charge in [-0.2, -0.15) is 13.2 Å². The van der Waals surface area contributed by atoms with Gasteiger partial charge in [-0.15, -0.1) is 4.91 Å². The van der Waals surface area contributed by atoms with Crippen LogP contribution in [0.15, 0.2) is 41.7 Å². The number of alkyl halides is 3. The SMILES string of the molecule is O=NC(=O)CNC(=O)c1ncc(-c2cccc(C(F)(F)F)c2)cc1O. The molecule has 2 N–H and O–H groups in total. The number of nitrogens with one attached hydrogen (secondary N) is 1. The topological polar surface area (TPSA) is 109 Å². The second-order valence-electron chi connectivity index (χ2n) is 4.84. The summed E-state index contributed by atoms with van der Waals surface area (Å²) in [5, 5.41) is 14.0. The summed E-state index contributed by atoms with van der Waals surface area (Å²) in [7, 11) is 0. The number of nitroso groups, excluding NO2 is 1. The molecule has 1 aromatic carbocycles. The molecule has 0 atom stereocenters.